The highest BCUT2D eigenvalue weighted by atomic mass is 32.7. The zero-order chi connectivity index (χ0) is 12.6. The number of hydrogen-bond donors (Lipinski definition) is 0. The molecule has 1 aromatic carbocycles. The van der Waals surface area contributed by atoms with Gasteiger partial charge < -0.3 is 0 Å². The van der Waals surface area contributed by atoms with Crippen LogP contribution >= 0.6 is 31.1 Å². The summed E-state index contributed by atoms with van der Waals surface area (Å²) in [7, 11) is 0.881. The van der Waals surface area contributed by atoms with E-state index in [2.05, 4.69) is 4.67 Å². The van der Waals surface area contributed by atoms with Crippen LogP contribution in [0.25, 0.3) is 0 Å². The fourth-order valence-corrected chi connectivity index (χ4v) is 5.83. The molecule has 0 saturated carbocycles. The van der Waals surface area contributed by atoms with Gasteiger partial charge in [0.05, 0.1) is 0 Å². The molecule has 1 aliphatic rings. The lowest BCUT2D eigenvalue weighted by Gasteiger charge is -2.12. The molecule has 1 unspecified atom stereocenters. The lowest BCUT2D eigenvalue weighted by atomic mass is 10.2. The predicted octanol–water partition coefficient (Wildman–Crippen LogP) is 3.90. The Morgan fingerprint density at radius 3 is 2.61 bits per heavy atom. The van der Waals surface area contributed by atoms with Gasteiger partial charge in [-0.15, -0.1) is 11.4 Å². The molecule has 1 heterocycles. The zero-order valence-corrected chi connectivity index (χ0v) is 12.9. The lowest BCUT2D eigenvalue weighted by molar-refractivity contribution is 0.108. The Kier molecular flexibility index (Phi) is 6.56. The van der Waals surface area contributed by atoms with Crippen molar-refractivity contribution in [3.63, 3.8) is 0 Å². The van der Waals surface area contributed by atoms with Gasteiger partial charge in [0.15, 0.2) is 0 Å². The molecule has 98 valence electrons. The van der Waals surface area contributed by atoms with Gasteiger partial charge in [0, 0.05) is 38.1 Å². The fraction of sp³-hybridized carbons (Fsp3) is 0.462. The SMILES string of the molecule is O=C(SCCSPN1CCCC1)c1ccccc1. The molecule has 1 aromatic rings. The van der Waals surface area contributed by atoms with Gasteiger partial charge in [0.1, 0.15) is 0 Å². The second-order valence-corrected chi connectivity index (χ2v) is 8.13. The summed E-state index contributed by atoms with van der Waals surface area (Å²) in [5.41, 5.74) is 0.814. The summed E-state index contributed by atoms with van der Waals surface area (Å²) in [6.07, 6.45) is 2.71. The van der Waals surface area contributed by atoms with E-state index < -0.39 is 0 Å². The highest BCUT2D eigenvalue weighted by Gasteiger charge is 2.11. The first kappa shape index (κ1) is 14.4. The van der Waals surface area contributed by atoms with E-state index in [1.165, 1.54) is 37.7 Å². The molecular formula is C13H18NOPS2. The molecule has 2 rings (SSSR count). The Labute approximate surface area is 119 Å². The zero-order valence-electron chi connectivity index (χ0n) is 10.3. The first-order chi connectivity index (χ1) is 8.86. The van der Waals surface area contributed by atoms with Crippen molar-refractivity contribution in [2.24, 2.45) is 0 Å². The Bertz CT molecular complexity index is 369. The van der Waals surface area contributed by atoms with Crippen LogP contribution in [0.5, 0.6) is 0 Å². The second kappa shape index (κ2) is 8.21. The number of thioether (sulfide) groups is 1. The monoisotopic (exact) mass is 299 g/mol. The van der Waals surface area contributed by atoms with Crippen LogP contribution in [0.4, 0.5) is 0 Å². The van der Waals surface area contributed by atoms with Gasteiger partial charge in [-0.2, -0.15) is 0 Å². The van der Waals surface area contributed by atoms with Crippen LogP contribution in [0.1, 0.15) is 23.2 Å². The van der Waals surface area contributed by atoms with Crippen LogP contribution in [0.3, 0.4) is 0 Å². The van der Waals surface area contributed by atoms with Crippen molar-refractivity contribution in [1.29, 1.82) is 0 Å². The van der Waals surface area contributed by atoms with E-state index in [9.17, 15) is 4.79 Å². The minimum atomic E-state index is 0.195. The van der Waals surface area contributed by atoms with Gasteiger partial charge in [-0.1, -0.05) is 42.1 Å². The van der Waals surface area contributed by atoms with Crippen molar-refractivity contribution in [2.75, 3.05) is 24.6 Å². The summed E-state index contributed by atoms with van der Waals surface area (Å²) in [6.45, 7) is 2.53. The summed E-state index contributed by atoms with van der Waals surface area (Å²) < 4.78 is 2.52. The first-order valence-electron chi connectivity index (χ1n) is 6.21. The average Bonchev–Trinajstić information content (AvgIpc) is 2.92. The molecule has 1 atom stereocenters. The minimum absolute atomic E-state index is 0.195. The van der Waals surface area contributed by atoms with Crippen molar-refractivity contribution in [1.82, 2.24) is 4.67 Å². The Morgan fingerprint density at radius 1 is 1.17 bits per heavy atom. The molecule has 5 heteroatoms. The van der Waals surface area contributed by atoms with Crippen LogP contribution in [-0.4, -0.2) is 34.4 Å². The first-order valence-corrected chi connectivity index (χ1v) is 9.85. The third kappa shape index (κ3) is 4.93. The Hall–Kier alpha value is -0.0200. The summed E-state index contributed by atoms with van der Waals surface area (Å²) in [6, 6.07) is 9.53. The normalized spacial score (nSPS) is 16.7. The highest BCUT2D eigenvalue weighted by molar-refractivity contribution is 8.49. The van der Waals surface area contributed by atoms with Gasteiger partial charge in [0.2, 0.25) is 5.12 Å². The molecule has 0 amide bonds. The van der Waals surface area contributed by atoms with E-state index >= 15 is 0 Å². The van der Waals surface area contributed by atoms with Crippen LogP contribution in [0, 0.1) is 0 Å². The van der Waals surface area contributed by atoms with Crippen molar-refractivity contribution in [2.45, 2.75) is 12.8 Å². The number of carbonyl (C=O) groups excluding carboxylic acids is 1. The number of benzene rings is 1. The largest absolute Gasteiger partial charge is 0.282 e. The van der Waals surface area contributed by atoms with Gasteiger partial charge in [-0.05, 0) is 12.8 Å². The van der Waals surface area contributed by atoms with E-state index in [4.69, 9.17) is 0 Å². The highest BCUT2D eigenvalue weighted by Crippen LogP contribution is 2.36. The van der Waals surface area contributed by atoms with E-state index in [1.54, 1.807) is 0 Å². The molecule has 0 aliphatic carbocycles. The van der Waals surface area contributed by atoms with Gasteiger partial charge in [-0.3, -0.25) is 9.46 Å². The van der Waals surface area contributed by atoms with Crippen molar-refractivity contribution in [3.05, 3.63) is 35.9 Å². The standard InChI is InChI=1S/C13H18NOPS2/c15-13(12-6-2-1-3-7-12)17-10-11-18-16-14-8-4-5-9-14/h1-3,6-7,16H,4-5,8-11H2. The third-order valence-electron chi connectivity index (χ3n) is 2.73. The van der Waals surface area contributed by atoms with E-state index in [-0.39, 0.29) is 5.12 Å². The van der Waals surface area contributed by atoms with Crippen molar-refractivity contribution < 1.29 is 4.79 Å². The molecule has 1 fully saturated rings. The van der Waals surface area contributed by atoms with Gasteiger partial charge >= 0.3 is 0 Å². The summed E-state index contributed by atoms with van der Waals surface area (Å²) >= 11 is 3.41. The maximum absolute atomic E-state index is 11.8. The van der Waals surface area contributed by atoms with Crippen LogP contribution in [-0.2, 0) is 0 Å². The quantitative estimate of drug-likeness (QED) is 0.586. The smallest absolute Gasteiger partial charge is 0.219 e. The van der Waals surface area contributed by atoms with Crippen molar-refractivity contribution >= 4 is 36.2 Å². The molecule has 0 bridgehead atoms. The molecule has 0 aromatic heterocycles. The summed E-state index contributed by atoms with van der Waals surface area (Å²) in [4.78, 5) is 11.8. The molecule has 0 spiro atoms. The molecule has 0 radical (unpaired) electrons. The Balaban J connectivity index is 1.56. The molecule has 1 saturated heterocycles. The topological polar surface area (TPSA) is 20.3 Å². The lowest BCUT2D eigenvalue weighted by Crippen LogP contribution is -2.05. The molecule has 2 nitrogen and oxygen atoms in total. The molecule has 0 N–H and O–H groups in total. The van der Waals surface area contributed by atoms with E-state index in [0.717, 1.165) is 25.0 Å². The predicted molar refractivity (Wildman–Crippen MR) is 84.8 cm³/mol. The molecular weight excluding hydrogens is 281 g/mol. The number of carbonyl (C=O) groups is 1. The third-order valence-corrected chi connectivity index (χ3v) is 6.91. The average molecular weight is 299 g/mol. The summed E-state index contributed by atoms with van der Waals surface area (Å²) in [5.74, 6) is 1.98. The van der Waals surface area contributed by atoms with Crippen LogP contribution < -0.4 is 0 Å². The second-order valence-electron chi connectivity index (χ2n) is 4.14. The van der Waals surface area contributed by atoms with Crippen molar-refractivity contribution in [3.8, 4) is 0 Å². The number of nitrogens with zero attached hydrogens (tertiary/aromatic N) is 1. The molecule has 1 aliphatic heterocycles. The maximum atomic E-state index is 11.8. The summed E-state index contributed by atoms with van der Waals surface area (Å²) in [5, 5.41) is 0.195. The van der Waals surface area contributed by atoms with E-state index in [0.29, 0.717) is 0 Å². The Morgan fingerprint density at radius 2 is 1.89 bits per heavy atom. The molecule has 18 heavy (non-hydrogen) atoms. The van der Waals surface area contributed by atoms with Crippen LogP contribution in [0.2, 0.25) is 0 Å². The van der Waals surface area contributed by atoms with Gasteiger partial charge in [0.25, 0.3) is 0 Å². The van der Waals surface area contributed by atoms with E-state index in [1.807, 2.05) is 41.7 Å². The van der Waals surface area contributed by atoms with Crippen LogP contribution in [0.15, 0.2) is 30.3 Å². The number of hydrogen-bond acceptors (Lipinski definition) is 4. The van der Waals surface area contributed by atoms with Gasteiger partial charge in [-0.25, -0.2) is 0 Å². The number of rotatable bonds is 6. The fourth-order valence-electron chi connectivity index (χ4n) is 1.78. The minimum Gasteiger partial charge on any atom is -0.282 e. The maximum Gasteiger partial charge on any atom is 0.219 e.